The number of rotatable bonds is 7. The zero-order chi connectivity index (χ0) is 12.9. The predicted molar refractivity (Wildman–Crippen MR) is 78.9 cm³/mol. The number of amides is 1. The van der Waals surface area contributed by atoms with Gasteiger partial charge in [-0.05, 0) is 30.6 Å². The Kier molecular flexibility index (Phi) is 7.88. The molecule has 108 valence electrons. The van der Waals surface area contributed by atoms with Crippen molar-refractivity contribution in [1.82, 2.24) is 5.32 Å². The highest BCUT2D eigenvalue weighted by molar-refractivity contribution is 5.85. The van der Waals surface area contributed by atoms with Crippen molar-refractivity contribution in [1.29, 1.82) is 0 Å². The molecule has 0 radical (unpaired) electrons. The number of nitrogens with one attached hydrogen (secondary N) is 1. The molecule has 0 aliphatic heterocycles. The molecule has 2 unspecified atom stereocenters. The average molecular weight is 277 g/mol. The lowest BCUT2D eigenvalue weighted by Gasteiger charge is -2.42. The Bertz CT molecular complexity index is 254. The van der Waals surface area contributed by atoms with Crippen molar-refractivity contribution in [3.8, 4) is 0 Å². The molecule has 0 aromatic heterocycles. The fraction of sp³-hybridized carbons (Fsp3) is 0.929. The summed E-state index contributed by atoms with van der Waals surface area (Å²) in [7, 11) is 0. The van der Waals surface area contributed by atoms with Crippen molar-refractivity contribution in [2.24, 2.45) is 17.1 Å². The largest absolute Gasteiger partial charge is 0.354 e. The van der Waals surface area contributed by atoms with Gasteiger partial charge in [0.15, 0.2) is 0 Å². The Morgan fingerprint density at radius 2 is 2.00 bits per heavy atom. The van der Waals surface area contributed by atoms with E-state index in [1.165, 1.54) is 32.1 Å². The third-order valence-electron chi connectivity index (χ3n) is 4.39. The van der Waals surface area contributed by atoms with Gasteiger partial charge in [-0.1, -0.05) is 40.0 Å². The molecule has 1 saturated carbocycles. The third-order valence-corrected chi connectivity index (χ3v) is 4.39. The van der Waals surface area contributed by atoms with Gasteiger partial charge in [-0.25, -0.2) is 0 Å². The Labute approximate surface area is 118 Å². The average Bonchev–Trinajstić information content (AvgIpc) is 2.29. The lowest BCUT2D eigenvalue weighted by Crippen LogP contribution is -2.49. The summed E-state index contributed by atoms with van der Waals surface area (Å²) < 4.78 is 0. The molecule has 4 heteroatoms. The smallest absolute Gasteiger partial charge is 0.237 e. The van der Waals surface area contributed by atoms with Gasteiger partial charge in [0.2, 0.25) is 5.91 Å². The number of carbonyl (C=O) groups excluding carboxylic acids is 1. The first-order valence-corrected chi connectivity index (χ1v) is 7.08. The van der Waals surface area contributed by atoms with Crippen molar-refractivity contribution in [2.45, 2.75) is 65.3 Å². The Morgan fingerprint density at radius 3 is 2.39 bits per heavy atom. The van der Waals surface area contributed by atoms with Gasteiger partial charge in [0, 0.05) is 6.54 Å². The summed E-state index contributed by atoms with van der Waals surface area (Å²) in [5, 5.41) is 3.06. The van der Waals surface area contributed by atoms with Crippen LogP contribution in [0.2, 0.25) is 0 Å². The monoisotopic (exact) mass is 276 g/mol. The van der Waals surface area contributed by atoms with E-state index in [4.69, 9.17) is 5.73 Å². The van der Waals surface area contributed by atoms with Gasteiger partial charge in [-0.3, -0.25) is 4.79 Å². The second-order valence-corrected chi connectivity index (χ2v) is 5.73. The van der Waals surface area contributed by atoms with Crippen LogP contribution < -0.4 is 11.1 Å². The third kappa shape index (κ3) is 4.43. The Hall–Kier alpha value is -0.280. The highest BCUT2D eigenvalue weighted by Crippen LogP contribution is 2.44. The van der Waals surface area contributed by atoms with Crippen molar-refractivity contribution >= 4 is 18.3 Å². The first kappa shape index (κ1) is 17.7. The number of hydrogen-bond donors (Lipinski definition) is 2. The van der Waals surface area contributed by atoms with Crippen molar-refractivity contribution < 1.29 is 4.79 Å². The quantitative estimate of drug-likeness (QED) is 0.751. The molecule has 0 saturated heterocycles. The molecule has 0 heterocycles. The van der Waals surface area contributed by atoms with Gasteiger partial charge in [-0.15, -0.1) is 12.4 Å². The van der Waals surface area contributed by atoms with E-state index >= 15 is 0 Å². The standard InChI is InChI=1S/C14H28N2O.ClH/c1-4-7-14(8-6-9-14)10-16-13(17)12(15)11(3)5-2;/h11-12H,4-10,15H2,1-3H3,(H,16,17);1H. The molecule has 1 aliphatic rings. The van der Waals surface area contributed by atoms with E-state index in [1.807, 2.05) is 6.92 Å². The van der Waals surface area contributed by atoms with E-state index in [0.717, 1.165) is 13.0 Å². The molecule has 3 N–H and O–H groups in total. The van der Waals surface area contributed by atoms with Gasteiger partial charge < -0.3 is 11.1 Å². The van der Waals surface area contributed by atoms with E-state index in [-0.39, 0.29) is 30.3 Å². The summed E-state index contributed by atoms with van der Waals surface area (Å²) in [6, 6.07) is -0.348. The fourth-order valence-electron chi connectivity index (χ4n) is 2.63. The normalized spacial score (nSPS) is 20.2. The van der Waals surface area contributed by atoms with Crippen LogP contribution in [0.15, 0.2) is 0 Å². The van der Waals surface area contributed by atoms with Crippen LogP contribution in [-0.2, 0) is 4.79 Å². The van der Waals surface area contributed by atoms with E-state index in [9.17, 15) is 4.79 Å². The minimum absolute atomic E-state index is 0. The van der Waals surface area contributed by atoms with E-state index < -0.39 is 0 Å². The molecular formula is C14H29ClN2O. The van der Waals surface area contributed by atoms with E-state index in [2.05, 4.69) is 19.2 Å². The summed E-state index contributed by atoms with van der Waals surface area (Å²) in [6.07, 6.45) is 7.22. The first-order valence-electron chi connectivity index (χ1n) is 7.08. The zero-order valence-corrected chi connectivity index (χ0v) is 12.8. The molecule has 1 fully saturated rings. The van der Waals surface area contributed by atoms with Crippen LogP contribution in [0.3, 0.4) is 0 Å². The molecule has 0 aromatic rings. The van der Waals surface area contributed by atoms with Crippen molar-refractivity contribution in [3.05, 3.63) is 0 Å². The van der Waals surface area contributed by atoms with Gasteiger partial charge in [-0.2, -0.15) is 0 Å². The first-order chi connectivity index (χ1) is 8.04. The SMILES string of the molecule is CCCC1(CNC(=O)C(N)C(C)CC)CCC1.Cl. The van der Waals surface area contributed by atoms with Crippen LogP contribution in [0.5, 0.6) is 0 Å². The van der Waals surface area contributed by atoms with Crippen LogP contribution in [0.25, 0.3) is 0 Å². The summed E-state index contributed by atoms with van der Waals surface area (Å²) in [6.45, 7) is 7.15. The maximum absolute atomic E-state index is 11.9. The predicted octanol–water partition coefficient (Wildman–Crippen LogP) is 2.87. The highest BCUT2D eigenvalue weighted by Gasteiger charge is 2.36. The van der Waals surface area contributed by atoms with E-state index in [0.29, 0.717) is 5.41 Å². The number of carbonyl (C=O) groups is 1. The van der Waals surface area contributed by atoms with Crippen LogP contribution in [0.1, 0.15) is 59.3 Å². The van der Waals surface area contributed by atoms with Crippen LogP contribution >= 0.6 is 12.4 Å². The van der Waals surface area contributed by atoms with E-state index in [1.54, 1.807) is 0 Å². The minimum atomic E-state index is -0.348. The molecule has 0 spiro atoms. The van der Waals surface area contributed by atoms with Gasteiger partial charge in [0.05, 0.1) is 6.04 Å². The highest BCUT2D eigenvalue weighted by atomic mass is 35.5. The zero-order valence-electron chi connectivity index (χ0n) is 12.0. The van der Waals surface area contributed by atoms with Crippen LogP contribution in [0.4, 0.5) is 0 Å². The lowest BCUT2D eigenvalue weighted by molar-refractivity contribution is -0.124. The van der Waals surface area contributed by atoms with Crippen molar-refractivity contribution in [3.63, 3.8) is 0 Å². The fourth-order valence-corrected chi connectivity index (χ4v) is 2.63. The summed E-state index contributed by atoms with van der Waals surface area (Å²) in [5.41, 5.74) is 6.31. The van der Waals surface area contributed by atoms with Gasteiger partial charge in [0.25, 0.3) is 0 Å². The minimum Gasteiger partial charge on any atom is -0.354 e. The summed E-state index contributed by atoms with van der Waals surface area (Å²) in [5.74, 6) is 0.292. The number of hydrogen-bond acceptors (Lipinski definition) is 2. The molecular weight excluding hydrogens is 248 g/mol. The molecule has 2 atom stereocenters. The number of halogens is 1. The lowest BCUT2D eigenvalue weighted by atomic mass is 9.66. The second kappa shape index (κ2) is 8.00. The molecule has 1 rings (SSSR count). The van der Waals surface area contributed by atoms with Gasteiger partial charge >= 0.3 is 0 Å². The van der Waals surface area contributed by atoms with Gasteiger partial charge in [0.1, 0.15) is 0 Å². The van der Waals surface area contributed by atoms with Crippen molar-refractivity contribution in [2.75, 3.05) is 6.54 Å². The Balaban J connectivity index is 0.00000289. The molecule has 0 bridgehead atoms. The summed E-state index contributed by atoms with van der Waals surface area (Å²) >= 11 is 0. The Morgan fingerprint density at radius 1 is 1.39 bits per heavy atom. The molecule has 0 aromatic carbocycles. The van der Waals surface area contributed by atoms with Crippen LogP contribution in [-0.4, -0.2) is 18.5 Å². The van der Waals surface area contributed by atoms with Crippen LogP contribution in [0, 0.1) is 11.3 Å². The molecule has 1 aliphatic carbocycles. The number of nitrogens with two attached hydrogens (primary N) is 1. The molecule has 3 nitrogen and oxygen atoms in total. The molecule has 1 amide bonds. The second-order valence-electron chi connectivity index (χ2n) is 5.73. The summed E-state index contributed by atoms with van der Waals surface area (Å²) in [4.78, 5) is 11.9. The topological polar surface area (TPSA) is 55.1 Å². The molecule has 18 heavy (non-hydrogen) atoms. The maximum Gasteiger partial charge on any atom is 0.237 e. The maximum atomic E-state index is 11.9.